The number of carbonyl (C=O) groups excluding carboxylic acids is 1. The van der Waals surface area contributed by atoms with Crippen molar-refractivity contribution < 1.29 is 9.90 Å². The van der Waals surface area contributed by atoms with E-state index in [1.54, 1.807) is 37.6 Å². The minimum absolute atomic E-state index is 0.0746. The van der Waals surface area contributed by atoms with Crippen LogP contribution in [0.15, 0.2) is 59.5 Å². The second-order valence-corrected chi connectivity index (χ2v) is 7.32. The SMILES string of the molecule is CN(CC(C)(C)O)C(=O)c1ccc(CSc2ccccc2)cc1. The molecular weight excluding hydrogens is 306 g/mol. The Balaban J connectivity index is 1.95. The Morgan fingerprint density at radius 2 is 1.70 bits per heavy atom. The second-order valence-electron chi connectivity index (χ2n) is 6.27. The zero-order valence-electron chi connectivity index (χ0n) is 13.8. The summed E-state index contributed by atoms with van der Waals surface area (Å²) in [5, 5.41) is 9.81. The first kappa shape index (κ1) is 17.6. The highest BCUT2D eigenvalue weighted by Crippen LogP contribution is 2.22. The van der Waals surface area contributed by atoms with Gasteiger partial charge in [0.15, 0.2) is 0 Å². The Hall–Kier alpha value is -1.78. The van der Waals surface area contributed by atoms with Crippen molar-refractivity contribution in [1.82, 2.24) is 4.90 Å². The Labute approximate surface area is 142 Å². The number of amides is 1. The average Bonchev–Trinajstić information content (AvgIpc) is 2.52. The minimum atomic E-state index is -0.892. The smallest absolute Gasteiger partial charge is 0.253 e. The first-order valence-electron chi connectivity index (χ1n) is 7.60. The van der Waals surface area contributed by atoms with E-state index in [9.17, 15) is 9.90 Å². The summed E-state index contributed by atoms with van der Waals surface area (Å²) in [6, 6.07) is 17.9. The Morgan fingerprint density at radius 3 is 2.26 bits per heavy atom. The lowest BCUT2D eigenvalue weighted by Gasteiger charge is -2.25. The third-order valence-electron chi connectivity index (χ3n) is 3.32. The van der Waals surface area contributed by atoms with Gasteiger partial charge in [-0.3, -0.25) is 4.79 Å². The number of hydrogen-bond donors (Lipinski definition) is 1. The van der Waals surface area contributed by atoms with E-state index in [4.69, 9.17) is 0 Å². The minimum Gasteiger partial charge on any atom is -0.389 e. The molecule has 0 atom stereocenters. The molecule has 23 heavy (non-hydrogen) atoms. The van der Waals surface area contributed by atoms with Crippen LogP contribution in [-0.2, 0) is 5.75 Å². The van der Waals surface area contributed by atoms with E-state index in [-0.39, 0.29) is 5.91 Å². The lowest BCUT2D eigenvalue weighted by molar-refractivity contribution is 0.0368. The average molecular weight is 329 g/mol. The molecule has 3 nitrogen and oxygen atoms in total. The summed E-state index contributed by atoms with van der Waals surface area (Å²) in [4.78, 5) is 15.1. The van der Waals surface area contributed by atoms with Crippen molar-refractivity contribution in [3.8, 4) is 0 Å². The molecule has 0 saturated heterocycles. The molecule has 0 aliphatic rings. The van der Waals surface area contributed by atoms with Gasteiger partial charge in [0.25, 0.3) is 5.91 Å². The van der Waals surface area contributed by atoms with Crippen LogP contribution in [0.2, 0.25) is 0 Å². The van der Waals surface area contributed by atoms with Gasteiger partial charge in [0.2, 0.25) is 0 Å². The first-order chi connectivity index (χ1) is 10.8. The van der Waals surface area contributed by atoms with E-state index in [2.05, 4.69) is 12.1 Å². The van der Waals surface area contributed by atoms with Crippen LogP contribution in [-0.4, -0.2) is 35.1 Å². The highest BCUT2D eigenvalue weighted by Gasteiger charge is 2.20. The van der Waals surface area contributed by atoms with Crippen molar-refractivity contribution in [1.29, 1.82) is 0 Å². The molecule has 0 saturated carbocycles. The molecule has 2 aromatic carbocycles. The monoisotopic (exact) mass is 329 g/mol. The summed E-state index contributed by atoms with van der Waals surface area (Å²) in [6.45, 7) is 3.69. The predicted octanol–water partition coefficient (Wildman–Crippen LogP) is 3.82. The van der Waals surface area contributed by atoms with E-state index in [0.29, 0.717) is 12.1 Å². The number of hydrogen-bond acceptors (Lipinski definition) is 3. The summed E-state index contributed by atoms with van der Waals surface area (Å²) < 4.78 is 0. The molecule has 1 N–H and O–H groups in total. The van der Waals surface area contributed by atoms with Crippen molar-refractivity contribution in [2.75, 3.05) is 13.6 Å². The van der Waals surface area contributed by atoms with Crippen LogP contribution in [0.4, 0.5) is 0 Å². The van der Waals surface area contributed by atoms with Crippen LogP contribution in [0, 0.1) is 0 Å². The summed E-state index contributed by atoms with van der Waals surface area (Å²) in [7, 11) is 1.71. The van der Waals surface area contributed by atoms with Crippen molar-refractivity contribution in [3.05, 3.63) is 65.7 Å². The molecule has 0 bridgehead atoms. The molecule has 122 valence electrons. The number of benzene rings is 2. The lowest BCUT2D eigenvalue weighted by Crippen LogP contribution is -2.39. The van der Waals surface area contributed by atoms with Crippen LogP contribution in [0.25, 0.3) is 0 Å². The molecule has 2 aromatic rings. The maximum absolute atomic E-state index is 12.3. The van der Waals surface area contributed by atoms with Gasteiger partial charge in [-0.05, 0) is 43.7 Å². The fourth-order valence-electron chi connectivity index (χ4n) is 2.30. The fourth-order valence-corrected chi connectivity index (χ4v) is 3.17. The molecule has 0 aliphatic heterocycles. The van der Waals surface area contributed by atoms with Gasteiger partial charge in [-0.2, -0.15) is 0 Å². The zero-order chi connectivity index (χ0) is 16.9. The van der Waals surface area contributed by atoms with E-state index < -0.39 is 5.60 Å². The molecule has 2 rings (SSSR count). The van der Waals surface area contributed by atoms with Crippen LogP contribution in [0.5, 0.6) is 0 Å². The standard InChI is InChI=1S/C19H23NO2S/c1-19(2,22)14-20(3)18(21)16-11-9-15(10-12-16)13-23-17-7-5-4-6-8-17/h4-12,22H,13-14H2,1-3H3. The molecule has 0 unspecified atom stereocenters. The summed E-state index contributed by atoms with van der Waals surface area (Å²) in [5.41, 5.74) is 0.933. The number of likely N-dealkylation sites (N-methyl/N-ethyl adjacent to an activating group) is 1. The van der Waals surface area contributed by atoms with Gasteiger partial charge in [0.05, 0.1) is 5.60 Å². The molecular formula is C19H23NO2S. The lowest BCUT2D eigenvalue weighted by atomic mass is 10.1. The van der Waals surface area contributed by atoms with Crippen molar-refractivity contribution in [2.24, 2.45) is 0 Å². The van der Waals surface area contributed by atoms with E-state index in [1.165, 1.54) is 10.5 Å². The highest BCUT2D eigenvalue weighted by atomic mass is 32.2. The van der Waals surface area contributed by atoms with Crippen LogP contribution < -0.4 is 0 Å². The van der Waals surface area contributed by atoms with Gasteiger partial charge >= 0.3 is 0 Å². The Kier molecular flexibility index (Phi) is 5.85. The van der Waals surface area contributed by atoms with Crippen molar-refractivity contribution >= 4 is 17.7 Å². The van der Waals surface area contributed by atoms with Crippen molar-refractivity contribution in [2.45, 2.75) is 30.1 Å². The number of rotatable bonds is 6. The number of carbonyl (C=O) groups is 1. The number of nitrogens with zero attached hydrogens (tertiary/aromatic N) is 1. The molecule has 0 spiro atoms. The van der Waals surface area contributed by atoms with Gasteiger partial charge in [-0.1, -0.05) is 30.3 Å². The van der Waals surface area contributed by atoms with Gasteiger partial charge in [-0.15, -0.1) is 11.8 Å². The maximum Gasteiger partial charge on any atom is 0.253 e. The Morgan fingerprint density at radius 1 is 1.09 bits per heavy atom. The molecule has 0 aromatic heterocycles. The molecule has 0 aliphatic carbocycles. The van der Waals surface area contributed by atoms with Gasteiger partial charge in [-0.25, -0.2) is 0 Å². The number of thioether (sulfide) groups is 1. The second kappa shape index (κ2) is 7.66. The van der Waals surface area contributed by atoms with E-state index >= 15 is 0 Å². The molecule has 1 amide bonds. The van der Waals surface area contributed by atoms with Gasteiger partial charge < -0.3 is 10.0 Å². The van der Waals surface area contributed by atoms with Crippen LogP contribution >= 0.6 is 11.8 Å². The molecule has 0 radical (unpaired) electrons. The topological polar surface area (TPSA) is 40.5 Å². The van der Waals surface area contributed by atoms with Gasteiger partial charge in [0, 0.05) is 29.8 Å². The van der Waals surface area contributed by atoms with Crippen LogP contribution in [0.3, 0.4) is 0 Å². The summed E-state index contributed by atoms with van der Waals surface area (Å²) in [6.07, 6.45) is 0. The van der Waals surface area contributed by atoms with Crippen LogP contribution in [0.1, 0.15) is 29.8 Å². The third-order valence-corrected chi connectivity index (χ3v) is 4.40. The van der Waals surface area contributed by atoms with E-state index in [1.807, 2.05) is 42.5 Å². The molecule has 0 fully saturated rings. The largest absolute Gasteiger partial charge is 0.389 e. The third kappa shape index (κ3) is 5.73. The summed E-state index contributed by atoms with van der Waals surface area (Å²) in [5.74, 6) is 0.798. The number of aliphatic hydroxyl groups is 1. The quantitative estimate of drug-likeness (QED) is 0.819. The Bertz CT molecular complexity index is 633. The molecule has 0 heterocycles. The van der Waals surface area contributed by atoms with Gasteiger partial charge in [0.1, 0.15) is 0 Å². The van der Waals surface area contributed by atoms with Crippen molar-refractivity contribution in [3.63, 3.8) is 0 Å². The van der Waals surface area contributed by atoms with E-state index in [0.717, 1.165) is 5.75 Å². The molecule has 4 heteroatoms. The zero-order valence-corrected chi connectivity index (χ0v) is 14.6. The fraction of sp³-hybridized carbons (Fsp3) is 0.316. The maximum atomic E-state index is 12.3. The predicted molar refractivity (Wildman–Crippen MR) is 95.7 cm³/mol. The first-order valence-corrected chi connectivity index (χ1v) is 8.58. The highest BCUT2D eigenvalue weighted by molar-refractivity contribution is 7.98. The normalized spacial score (nSPS) is 11.3. The summed E-state index contributed by atoms with van der Waals surface area (Å²) >= 11 is 1.77.